The molecule has 2 aromatic carbocycles. The first-order valence-corrected chi connectivity index (χ1v) is 12.4. The van der Waals surface area contributed by atoms with Gasteiger partial charge in [0, 0.05) is 62.6 Å². The zero-order valence-electron chi connectivity index (χ0n) is 21.3. The summed E-state index contributed by atoms with van der Waals surface area (Å²) in [5.74, 6) is 0.833. The van der Waals surface area contributed by atoms with Crippen LogP contribution in [-0.2, 0) is 6.54 Å². The van der Waals surface area contributed by atoms with E-state index in [1.54, 1.807) is 29.4 Å². The van der Waals surface area contributed by atoms with Crippen LogP contribution in [-0.4, -0.2) is 72.9 Å². The molecule has 204 valence electrons. The Balaban J connectivity index is 1.35. The number of fused-ring (bicyclic) bond motifs is 1. The molecule has 1 aliphatic heterocycles. The minimum absolute atomic E-state index is 0.0194. The van der Waals surface area contributed by atoms with Crippen molar-refractivity contribution in [2.24, 2.45) is 0 Å². The maximum absolute atomic E-state index is 13.0. The number of rotatable bonds is 9. The Kier molecular flexibility index (Phi) is 7.31. The van der Waals surface area contributed by atoms with Crippen molar-refractivity contribution in [2.45, 2.75) is 6.54 Å². The largest absolute Gasteiger partial charge is 0.365 e. The minimum Gasteiger partial charge on any atom is -0.365 e. The monoisotopic (exact) mass is 543 g/mol. The highest BCUT2D eigenvalue weighted by atomic mass is 16.6. The Bertz CT molecular complexity index is 1580. The summed E-state index contributed by atoms with van der Waals surface area (Å²) in [5, 5.41) is 25.1. The minimum atomic E-state index is -0.500. The molecule has 1 amide bonds. The molecule has 4 aromatic rings. The van der Waals surface area contributed by atoms with E-state index in [0.717, 1.165) is 5.56 Å². The first kappa shape index (κ1) is 26.2. The predicted molar refractivity (Wildman–Crippen MR) is 147 cm³/mol. The summed E-state index contributed by atoms with van der Waals surface area (Å²) < 4.78 is 1.86. The van der Waals surface area contributed by atoms with Crippen molar-refractivity contribution in [2.75, 3.05) is 42.9 Å². The Morgan fingerprint density at radius 1 is 0.950 bits per heavy atom. The molecule has 2 aromatic heterocycles. The van der Waals surface area contributed by atoms with Gasteiger partial charge in [-0.05, 0) is 17.7 Å². The molecular formula is C26H25N9O5. The Morgan fingerprint density at radius 2 is 1.57 bits per heavy atom. The van der Waals surface area contributed by atoms with Gasteiger partial charge in [0.15, 0.2) is 17.0 Å². The summed E-state index contributed by atoms with van der Waals surface area (Å²) in [6.07, 6.45) is 3.37. The number of carbonyl (C=O) groups excluding carboxylic acids is 1. The number of nitrogens with zero attached hydrogens (tertiary/aromatic N) is 8. The van der Waals surface area contributed by atoms with Crippen molar-refractivity contribution in [1.29, 1.82) is 0 Å². The third kappa shape index (κ3) is 5.41. The number of nitro groups is 2. The molecule has 14 nitrogen and oxygen atoms in total. The Labute approximate surface area is 227 Å². The second-order valence-corrected chi connectivity index (χ2v) is 9.09. The third-order valence-electron chi connectivity index (χ3n) is 6.54. The SMILES string of the molecule is C=CCNc1nc(N2CCN(C(=O)c3ccc([N+](=O)[O-])cc3)CC2)nc2c1ncn2Cc1ccc([N+](=O)[O-])cc1. The van der Waals surface area contributed by atoms with E-state index in [1.807, 2.05) is 9.47 Å². The quantitative estimate of drug-likeness (QED) is 0.188. The van der Waals surface area contributed by atoms with Crippen molar-refractivity contribution in [3.8, 4) is 0 Å². The fourth-order valence-corrected chi connectivity index (χ4v) is 4.42. The van der Waals surface area contributed by atoms with Gasteiger partial charge in [0.25, 0.3) is 17.3 Å². The van der Waals surface area contributed by atoms with Crippen LogP contribution in [0.1, 0.15) is 15.9 Å². The van der Waals surface area contributed by atoms with Gasteiger partial charge in [-0.1, -0.05) is 18.2 Å². The van der Waals surface area contributed by atoms with Gasteiger partial charge < -0.3 is 19.7 Å². The lowest BCUT2D eigenvalue weighted by molar-refractivity contribution is -0.385. The topological polar surface area (TPSA) is 165 Å². The molecule has 0 aliphatic carbocycles. The van der Waals surface area contributed by atoms with Gasteiger partial charge >= 0.3 is 0 Å². The van der Waals surface area contributed by atoms with E-state index in [4.69, 9.17) is 9.97 Å². The molecule has 0 bridgehead atoms. The van der Waals surface area contributed by atoms with E-state index in [-0.39, 0.29) is 17.3 Å². The van der Waals surface area contributed by atoms with Crippen molar-refractivity contribution < 1.29 is 14.6 Å². The molecule has 0 unspecified atom stereocenters. The number of hydrogen-bond donors (Lipinski definition) is 1. The zero-order valence-corrected chi connectivity index (χ0v) is 21.3. The number of benzene rings is 2. The van der Waals surface area contributed by atoms with Crippen molar-refractivity contribution in [1.82, 2.24) is 24.4 Å². The van der Waals surface area contributed by atoms with E-state index < -0.39 is 9.85 Å². The van der Waals surface area contributed by atoms with Crippen LogP contribution >= 0.6 is 0 Å². The van der Waals surface area contributed by atoms with Gasteiger partial charge in [0.05, 0.1) is 22.7 Å². The second kappa shape index (κ2) is 11.1. The molecule has 14 heteroatoms. The second-order valence-electron chi connectivity index (χ2n) is 9.09. The van der Waals surface area contributed by atoms with Gasteiger partial charge in [-0.2, -0.15) is 9.97 Å². The van der Waals surface area contributed by atoms with Gasteiger partial charge in [0.1, 0.15) is 0 Å². The van der Waals surface area contributed by atoms with Crippen LogP contribution in [0, 0.1) is 20.2 Å². The lowest BCUT2D eigenvalue weighted by atomic mass is 10.1. The number of hydrogen-bond acceptors (Lipinski definition) is 10. The van der Waals surface area contributed by atoms with E-state index in [9.17, 15) is 25.0 Å². The summed E-state index contributed by atoms with van der Waals surface area (Å²) in [6.45, 7) is 6.45. The first-order chi connectivity index (χ1) is 19.3. The molecular weight excluding hydrogens is 518 g/mol. The summed E-state index contributed by atoms with van der Waals surface area (Å²) in [4.78, 5) is 51.6. The average Bonchev–Trinajstić information content (AvgIpc) is 3.38. The molecule has 3 heterocycles. The summed E-state index contributed by atoms with van der Waals surface area (Å²) >= 11 is 0. The van der Waals surface area contributed by atoms with Crippen molar-refractivity contribution in [3.05, 3.63) is 98.9 Å². The standard InChI is InChI=1S/C26H25N9O5/c1-2-11-27-23-22-24(33(17-28-22)16-18-3-7-20(8-4-18)34(37)38)30-26(29-23)32-14-12-31(13-15-32)25(36)19-5-9-21(10-6-19)35(39)40/h2-10,17H,1,11-16H2,(H,27,29,30). The number of nitro benzene ring substituents is 2. The van der Waals surface area contributed by atoms with Crippen LogP contribution < -0.4 is 10.2 Å². The average molecular weight is 544 g/mol. The number of imidazole rings is 1. The van der Waals surface area contributed by atoms with Crippen LogP contribution in [0.25, 0.3) is 11.2 Å². The Hall–Kier alpha value is -5.40. The maximum atomic E-state index is 13.0. The van der Waals surface area contributed by atoms with Crippen LogP contribution in [0.2, 0.25) is 0 Å². The van der Waals surface area contributed by atoms with Gasteiger partial charge in [-0.3, -0.25) is 25.0 Å². The van der Waals surface area contributed by atoms with Crippen LogP contribution in [0.3, 0.4) is 0 Å². The van der Waals surface area contributed by atoms with Crippen molar-refractivity contribution >= 4 is 40.2 Å². The van der Waals surface area contributed by atoms with Gasteiger partial charge in [-0.15, -0.1) is 6.58 Å². The zero-order chi connectivity index (χ0) is 28.2. The lowest BCUT2D eigenvalue weighted by Crippen LogP contribution is -2.49. The highest BCUT2D eigenvalue weighted by Crippen LogP contribution is 2.25. The molecule has 1 saturated heterocycles. The number of amides is 1. The molecule has 1 N–H and O–H groups in total. The highest BCUT2D eigenvalue weighted by Gasteiger charge is 2.25. The number of carbonyl (C=O) groups is 1. The summed E-state index contributed by atoms with van der Waals surface area (Å²) in [7, 11) is 0. The molecule has 40 heavy (non-hydrogen) atoms. The number of aromatic nitrogens is 4. The molecule has 1 aliphatic rings. The maximum Gasteiger partial charge on any atom is 0.269 e. The fraction of sp³-hybridized carbons (Fsp3) is 0.231. The number of piperazine rings is 1. The van der Waals surface area contributed by atoms with E-state index in [0.29, 0.717) is 67.8 Å². The summed E-state index contributed by atoms with van der Waals surface area (Å²) in [5.41, 5.74) is 2.37. The van der Waals surface area contributed by atoms with E-state index in [2.05, 4.69) is 16.9 Å². The molecule has 0 radical (unpaired) electrons. The molecule has 5 rings (SSSR count). The van der Waals surface area contributed by atoms with Crippen LogP contribution in [0.5, 0.6) is 0 Å². The smallest absolute Gasteiger partial charge is 0.269 e. The lowest BCUT2D eigenvalue weighted by Gasteiger charge is -2.35. The van der Waals surface area contributed by atoms with Gasteiger partial charge in [-0.25, -0.2) is 4.98 Å². The normalized spacial score (nSPS) is 13.3. The predicted octanol–water partition coefficient (Wildman–Crippen LogP) is 3.25. The van der Waals surface area contributed by atoms with Gasteiger partial charge in [0.2, 0.25) is 5.95 Å². The van der Waals surface area contributed by atoms with Crippen LogP contribution in [0.15, 0.2) is 67.5 Å². The highest BCUT2D eigenvalue weighted by molar-refractivity contribution is 5.94. The van der Waals surface area contributed by atoms with Crippen LogP contribution in [0.4, 0.5) is 23.1 Å². The number of non-ortho nitro benzene ring substituents is 2. The fourth-order valence-electron chi connectivity index (χ4n) is 4.42. The molecule has 0 saturated carbocycles. The third-order valence-corrected chi connectivity index (χ3v) is 6.54. The van der Waals surface area contributed by atoms with E-state index >= 15 is 0 Å². The number of nitrogens with one attached hydrogen (secondary N) is 1. The Morgan fingerprint density at radius 3 is 2.17 bits per heavy atom. The van der Waals surface area contributed by atoms with E-state index in [1.165, 1.54) is 36.4 Å². The molecule has 0 atom stereocenters. The molecule has 1 fully saturated rings. The first-order valence-electron chi connectivity index (χ1n) is 12.4. The molecule has 0 spiro atoms. The van der Waals surface area contributed by atoms with Crippen molar-refractivity contribution in [3.63, 3.8) is 0 Å². The summed E-state index contributed by atoms with van der Waals surface area (Å²) in [6, 6.07) is 11.9. The number of anilines is 2.